The van der Waals surface area contributed by atoms with Crippen molar-refractivity contribution >= 4 is 21.7 Å². The van der Waals surface area contributed by atoms with Crippen LogP contribution >= 0.6 is 0 Å². The summed E-state index contributed by atoms with van der Waals surface area (Å²) in [5.74, 6) is -7.10. The third-order valence-electron chi connectivity index (χ3n) is 4.90. The number of nitrogens with one attached hydrogen (secondary N) is 1. The largest absolute Gasteiger partial charge is 0.435 e. The molecule has 0 amide bonds. The van der Waals surface area contributed by atoms with E-state index < -0.39 is 51.1 Å². The van der Waals surface area contributed by atoms with Crippen molar-refractivity contribution in [3.05, 3.63) is 89.5 Å². The van der Waals surface area contributed by atoms with Gasteiger partial charge >= 0.3 is 0 Å². The van der Waals surface area contributed by atoms with E-state index in [4.69, 9.17) is 10.5 Å². The molecule has 0 fully saturated rings. The van der Waals surface area contributed by atoms with Gasteiger partial charge in [0.15, 0.2) is 17.4 Å². The fourth-order valence-electron chi connectivity index (χ4n) is 3.21. The summed E-state index contributed by atoms with van der Waals surface area (Å²) < 4.78 is 101. The molecule has 14 heteroatoms. The molecule has 3 N–H and O–H groups in total. The predicted molar refractivity (Wildman–Crippen MR) is 124 cm³/mol. The Morgan fingerprint density at radius 3 is 2.38 bits per heavy atom. The number of ether oxygens (including phenoxy) is 1. The van der Waals surface area contributed by atoms with Crippen LogP contribution in [0.5, 0.6) is 11.6 Å². The third-order valence-corrected chi connectivity index (χ3v) is 6.13. The molecular weight excluding hydrogens is 521 g/mol. The van der Waals surface area contributed by atoms with Crippen LogP contribution in [0.25, 0.3) is 11.3 Å². The number of alkyl halides is 2. The summed E-state index contributed by atoms with van der Waals surface area (Å²) in [5.41, 5.74) is 4.47. The lowest BCUT2D eigenvalue weighted by molar-refractivity contribution is 0.151. The zero-order valence-corrected chi connectivity index (χ0v) is 19.3. The molecule has 0 radical (unpaired) electrons. The summed E-state index contributed by atoms with van der Waals surface area (Å²) in [5, 5.41) is 0. The summed E-state index contributed by atoms with van der Waals surface area (Å²) in [6.45, 7) is 0. The van der Waals surface area contributed by atoms with Crippen LogP contribution in [0.4, 0.5) is 33.6 Å². The number of pyridine rings is 1. The number of hydrogen-bond acceptors (Lipinski definition) is 7. The zero-order valence-electron chi connectivity index (χ0n) is 18.5. The van der Waals surface area contributed by atoms with Crippen LogP contribution in [0.3, 0.4) is 0 Å². The van der Waals surface area contributed by atoms with E-state index >= 15 is 0 Å². The number of nitrogens with zero attached hydrogens (tertiary/aromatic N) is 3. The molecule has 0 aliphatic rings. The van der Waals surface area contributed by atoms with E-state index in [9.17, 15) is 30.4 Å². The molecule has 0 bridgehead atoms. The Morgan fingerprint density at radius 2 is 1.70 bits per heavy atom. The topological polar surface area (TPSA) is 120 Å². The molecular formula is C23H16F5N5O3S. The molecule has 0 aliphatic carbocycles. The number of hydrogen-bond donors (Lipinski definition) is 2. The molecule has 0 saturated carbocycles. The van der Waals surface area contributed by atoms with Gasteiger partial charge in [-0.1, -0.05) is 24.3 Å². The van der Waals surface area contributed by atoms with Crippen molar-refractivity contribution in [1.82, 2.24) is 15.0 Å². The zero-order chi connectivity index (χ0) is 26.7. The maximum atomic E-state index is 14.8. The number of sulfonamides is 1. The van der Waals surface area contributed by atoms with Gasteiger partial charge in [0, 0.05) is 24.0 Å². The van der Waals surface area contributed by atoms with Gasteiger partial charge in [0.1, 0.15) is 5.69 Å². The first kappa shape index (κ1) is 25.8. The van der Waals surface area contributed by atoms with Crippen LogP contribution in [0.2, 0.25) is 0 Å². The van der Waals surface area contributed by atoms with E-state index in [-0.39, 0.29) is 34.2 Å². The quantitative estimate of drug-likeness (QED) is 0.234. The highest BCUT2D eigenvalue weighted by atomic mass is 32.2. The molecule has 37 heavy (non-hydrogen) atoms. The van der Waals surface area contributed by atoms with Crippen molar-refractivity contribution in [3.8, 4) is 22.9 Å². The van der Waals surface area contributed by atoms with Gasteiger partial charge in [-0.2, -0.15) is 4.39 Å². The molecule has 0 aliphatic heterocycles. The van der Waals surface area contributed by atoms with Crippen molar-refractivity contribution in [2.75, 3.05) is 10.5 Å². The summed E-state index contributed by atoms with van der Waals surface area (Å²) >= 11 is 0. The predicted octanol–water partition coefficient (Wildman–Crippen LogP) is 5.21. The average Bonchev–Trinajstić information content (AvgIpc) is 2.85. The Balaban J connectivity index is 1.60. The second kappa shape index (κ2) is 10.3. The fraction of sp³-hybridized carbons (Fsp3) is 0.0870. The maximum absolute atomic E-state index is 14.8. The number of aromatic nitrogens is 3. The minimum Gasteiger partial charge on any atom is -0.435 e. The second-order valence-electron chi connectivity index (χ2n) is 7.52. The molecule has 192 valence electrons. The monoisotopic (exact) mass is 537 g/mol. The van der Waals surface area contributed by atoms with E-state index in [0.29, 0.717) is 6.07 Å². The lowest BCUT2D eigenvalue weighted by Crippen LogP contribution is -2.18. The number of nitrogens with two attached hydrogens (primary N) is 1. The van der Waals surface area contributed by atoms with Crippen LogP contribution in [-0.4, -0.2) is 23.4 Å². The third kappa shape index (κ3) is 5.91. The van der Waals surface area contributed by atoms with Crippen LogP contribution < -0.4 is 15.2 Å². The van der Waals surface area contributed by atoms with E-state index in [1.165, 1.54) is 30.6 Å². The SMILES string of the molecule is Nc1nccc(-c2cccnc2Oc2cc(F)c(NS(=O)(=O)Cc3ccc(C(F)F)cc3)c(F)c2F)n1. The summed E-state index contributed by atoms with van der Waals surface area (Å²) in [6.07, 6.45) is -0.121. The van der Waals surface area contributed by atoms with Crippen LogP contribution in [-0.2, 0) is 15.8 Å². The highest BCUT2D eigenvalue weighted by Crippen LogP contribution is 2.35. The van der Waals surface area contributed by atoms with Crippen molar-refractivity contribution in [1.29, 1.82) is 0 Å². The number of halogens is 5. The highest BCUT2D eigenvalue weighted by molar-refractivity contribution is 7.91. The van der Waals surface area contributed by atoms with E-state index in [1.807, 2.05) is 0 Å². The lowest BCUT2D eigenvalue weighted by Gasteiger charge is -2.14. The first-order valence-corrected chi connectivity index (χ1v) is 12.0. The Labute approximate surface area is 207 Å². The molecule has 0 spiro atoms. The van der Waals surface area contributed by atoms with Gasteiger partial charge in [-0.25, -0.2) is 40.9 Å². The minimum atomic E-state index is -4.46. The normalized spacial score (nSPS) is 11.5. The minimum absolute atomic E-state index is 0.0613. The molecule has 2 aromatic heterocycles. The number of anilines is 2. The fourth-order valence-corrected chi connectivity index (χ4v) is 4.41. The standard InChI is InChI=1S/C23H16F5N5O3S/c24-15-10-17(36-22-14(2-1-8-30-22)16-7-9-31-23(29)32-16)18(25)19(26)20(15)33-37(34,35)11-12-3-5-13(6-4-12)21(27)28/h1-10,21,33H,11H2,(H2,29,31,32). The van der Waals surface area contributed by atoms with E-state index in [0.717, 1.165) is 24.3 Å². The molecule has 2 heterocycles. The van der Waals surface area contributed by atoms with Gasteiger partial charge in [-0.05, 0) is 23.8 Å². The van der Waals surface area contributed by atoms with Gasteiger partial charge < -0.3 is 10.5 Å². The average molecular weight is 537 g/mol. The van der Waals surface area contributed by atoms with Gasteiger partial charge in [0.05, 0.1) is 17.0 Å². The van der Waals surface area contributed by atoms with Crippen molar-refractivity contribution < 1.29 is 35.1 Å². The van der Waals surface area contributed by atoms with Gasteiger partial charge in [-0.3, -0.25) is 4.72 Å². The Kier molecular flexibility index (Phi) is 7.20. The molecule has 8 nitrogen and oxygen atoms in total. The highest BCUT2D eigenvalue weighted by Gasteiger charge is 2.25. The van der Waals surface area contributed by atoms with Crippen molar-refractivity contribution in [2.45, 2.75) is 12.2 Å². The molecule has 4 aromatic rings. The van der Waals surface area contributed by atoms with E-state index in [1.54, 1.807) is 4.72 Å². The summed E-state index contributed by atoms with van der Waals surface area (Å²) in [7, 11) is -4.46. The summed E-state index contributed by atoms with van der Waals surface area (Å²) in [4.78, 5) is 11.7. The van der Waals surface area contributed by atoms with Gasteiger partial charge in [0.2, 0.25) is 27.7 Å². The smallest absolute Gasteiger partial charge is 0.263 e. The van der Waals surface area contributed by atoms with E-state index in [2.05, 4.69) is 15.0 Å². The van der Waals surface area contributed by atoms with Crippen molar-refractivity contribution in [3.63, 3.8) is 0 Å². The maximum Gasteiger partial charge on any atom is 0.263 e. The molecule has 0 unspecified atom stereocenters. The Hall–Kier alpha value is -4.33. The van der Waals surface area contributed by atoms with Gasteiger partial charge in [-0.15, -0.1) is 0 Å². The summed E-state index contributed by atoms with van der Waals surface area (Å²) in [6, 6.07) is 9.19. The molecule has 0 atom stereocenters. The Morgan fingerprint density at radius 1 is 0.973 bits per heavy atom. The number of benzene rings is 2. The van der Waals surface area contributed by atoms with Gasteiger partial charge in [0.25, 0.3) is 6.43 Å². The first-order valence-electron chi connectivity index (χ1n) is 10.3. The lowest BCUT2D eigenvalue weighted by atomic mass is 10.2. The number of rotatable bonds is 8. The second-order valence-corrected chi connectivity index (χ2v) is 9.24. The van der Waals surface area contributed by atoms with Crippen LogP contribution in [0, 0.1) is 17.5 Å². The molecule has 0 saturated heterocycles. The Bertz CT molecular complexity index is 1550. The van der Waals surface area contributed by atoms with Crippen molar-refractivity contribution in [2.24, 2.45) is 0 Å². The number of nitrogen functional groups attached to an aromatic ring is 1. The molecule has 2 aromatic carbocycles. The van der Waals surface area contributed by atoms with Crippen LogP contribution in [0.1, 0.15) is 17.6 Å². The molecule has 4 rings (SSSR count). The first-order chi connectivity index (χ1) is 17.5. The van der Waals surface area contributed by atoms with Crippen LogP contribution in [0.15, 0.2) is 60.9 Å².